The second kappa shape index (κ2) is 22.8. The zero-order chi connectivity index (χ0) is 28.7. The number of ether oxygens (including phenoxy) is 3. The summed E-state index contributed by atoms with van der Waals surface area (Å²) in [7, 11) is 5.35. The average molecular weight is 540 g/mol. The maximum absolute atomic E-state index is 12.4. The standard InChI is InChI=1S/C30H53NO7/c1-6-8-10-12-14-16-18-20-28(32)37-25-26(24-36-23-22-27(30(34)35)31(3,4)5)38-29(33)21-19-17-15-13-11-9-7-2/h9,11,15,17,26-27H,6-8,10,12-14,16,18-25H2,1-5H3/b11-9+,17-15+. The Morgan fingerprint density at radius 2 is 1.47 bits per heavy atom. The van der Waals surface area contributed by atoms with E-state index in [-0.39, 0.29) is 43.1 Å². The fraction of sp³-hybridized carbons (Fsp3) is 0.767. The molecule has 2 atom stereocenters. The van der Waals surface area contributed by atoms with Gasteiger partial charge in [0, 0.05) is 19.3 Å². The fourth-order valence-electron chi connectivity index (χ4n) is 3.83. The smallest absolute Gasteiger partial charge is 0.306 e. The highest BCUT2D eigenvalue weighted by molar-refractivity contribution is 5.70. The minimum Gasteiger partial charge on any atom is -0.544 e. The lowest BCUT2D eigenvalue weighted by Gasteiger charge is -2.34. The van der Waals surface area contributed by atoms with E-state index in [4.69, 9.17) is 14.2 Å². The van der Waals surface area contributed by atoms with E-state index in [1.54, 1.807) is 21.1 Å². The van der Waals surface area contributed by atoms with Crippen molar-refractivity contribution >= 4 is 17.9 Å². The number of carboxylic acid groups (broad SMARTS) is 1. The molecule has 0 bridgehead atoms. The zero-order valence-corrected chi connectivity index (χ0v) is 24.6. The van der Waals surface area contributed by atoms with E-state index in [0.717, 1.165) is 32.1 Å². The highest BCUT2D eigenvalue weighted by Crippen LogP contribution is 2.11. The molecule has 0 amide bonds. The van der Waals surface area contributed by atoms with Crippen molar-refractivity contribution in [3.8, 4) is 0 Å². The molecule has 220 valence electrons. The Kier molecular flexibility index (Phi) is 21.5. The molecular formula is C30H53NO7. The second-order valence-electron chi connectivity index (χ2n) is 10.6. The van der Waals surface area contributed by atoms with Crippen LogP contribution in [-0.2, 0) is 28.6 Å². The van der Waals surface area contributed by atoms with Gasteiger partial charge in [0.25, 0.3) is 0 Å². The maximum atomic E-state index is 12.4. The summed E-state index contributed by atoms with van der Waals surface area (Å²) >= 11 is 0. The van der Waals surface area contributed by atoms with Gasteiger partial charge in [-0.15, -0.1) is 0 Å². The molecular weight excluding hydrogens is 486 g/mol. The molecule has 0 N–H and O–H groups in total. The van der Waals surface area contributed by atoms with Crippen LogP contribution < -0.4 is 5.11 Å². The topological polar surface area (TPSA) is 102 Å². The molecule has 0 heterocycles. The number of esters is 2. The van der Waals surface area contributed by atoms with Crippen molar-refractivity contribution in [1.82, 2.24) is 0 Å². The third kappa shape index (κ3) is 20.8. The molecule has 8 heteroatoms. The monoisotopic (exact) mass is 539 g/mol. The summed E-state index contributed by atoms with van der Waals surface area (Å²) in [6, 6.07) is -0.727. The first-order chi connectivity index (χ1) is 18.1. The zero-order valence-electron chi connectivity index (χ0n) is 24.6. The number of carboxylic acids is 1. The number of likely N-dealkylation sites (N-methyl/N-ethyl adjacent to an activating group) is 1. The molecule has 0 aromatic rings. The molecule has 0 saturated heterocycles. The van der Waals surface area contributed by atoms with Crippen LogP contribution in [-0.4, -0.2) is 75.5 Å². The van der Waals surface area contributed by atoms with Gasteiger partial charge < -0.3 is 28.6 Å². The molecule has 2 unspecified atom stereocenters. The average Bonchev–Trinajstić information content (AvgIpc) is 2.84. The predicted octanol–water partition coefficient (Wildman–Crippen LogP) is 4.51. The van der Waals surface area contributed by atoms with Gasteiger partial charge in [-0.1, -0.05) is 76.7 Å². The third-order valence-electron chi connectivity index (χ3n) is 6.12. The van der Waals surface area contributed by atoms with Crippen LogP contribution in [0, 0.1) is 0 Å². The predicted molar refractivity (Wildman–Crippen MR) is 148 cm³/mol. The van der Waals surface area contributed by atoms with Gasteiger partial charge in [-0.05, 0) is 25.7 Å². The van der Waals surface area contributed by atoms with Crippen LogP contribution in [0.5, 0.6) is 0 Å². The van der Waals surface area contributed by atoms with Gasteiger partial charge in [-0.25, -0.2) is 0 Å². The number of allylic oxidation sites excluding steroid dienone is 4. The molecule has 0 saturated carbocycles. The number of quaternary nitrogens is 1. The number of hydrogen-bond acceptors (Lipinski definition) is 7. The van der Waals surface area contributed by atoms with Crippen molar-refractivity contribution < 1.29 is 38.2 Å². The van der Waals surface area contributed by atoms with Crippen LogP contribution in [0.3, 0.4) is 0 Å². The summed E-state index contributed by atoms with van der Waals surface area (Å²) in [6.07, 6.45) is 18.3. The molecule has 0 aliphatic carbocycles. The molecule has 38 heavy (non-hydrogen) atoms. The van der Waals surface area contributed by atoms with E-state index in [2.05, 4.69) is 26.0 Å². The maximum Gasteiger partial charge on any atom is 0.306 e. The number of hydrogen-bond donors (Lipinski definition) is 0. The van der Waals surface area contributed by atoms with Crippen LogP contribution in [0.1, 0.15) is 97.3 Å². The first-order valence-corrected chi connectivity index (χ1v) is 14.4. The summed E-state index contributed by atoms with van der Waals surface area (Å²) in [5.41, 5.74) is 0. The van der Waals surface area contributed by atoms with Crippen LogP contribution in [0.2, 0.25) is 0 Å². The Bertz CT molecular complexity index is 697. The largest absolute Gasteiger partial charge is 0.544 e. The van der Waals surface area contributed by atoms with Gasteiger partial charge in [0.2, 0.25) is 0 Å². The van der Waals surface area contributed by atoms with Crippen molar-refractivity contribution in [2.75, 3.05) is 41.0 Å². The van der Waals surface area contributed by atoms with Crippen molar-refractivity contribution in [2.24, 2.45) is 0 Å². The highest BCUT2D eigenvalue weighted by atomic mass is 16.6. The molecule has 0 radical (unpaired) electrons. The van der Waals surface area contributed by atoms with E-state index >= 15 is 0 Å². The highest BCUT2D eigenvalue weighted by Gasteiger charge is 2.25. The SMILES string of the molecule is CC/C=C/C/C=C/CCC(=O)OC(COCCC(C(=O)[O-])[N+](C)(C)C)COC(=O)CCCCCCCCC. The van der Waals surface area contributed by atoms with Gasteiger partial charge in [0.05, 0.1) is 40.3 Å². The molecule has 8 nitrogen and oxygen atoms in total. The summed E-state index contributed by atoms with van der Waals surface area (Å²) in [6.45, 7) is 4.35. The Morgan fingerprint density at radius 1 is 0.816 bits per heavy atom. The number of carbonyl (C=O) groups is 3. The summed E-state index contributed by atoms with van der Waals surface area (Å²) < 4.78 is 16.8. The normalized spacial score (nSPS) is 13.6. The second-order valence-corrected chi connectivity index (χ2v) is 10.6. The van der Waals surface area contributed by atoms with E-state index in [1.165, 1.54) is 25.7 Å². The minimum absolute atomic E-state index is 0.0189. The van der Waals surface area contributed by atoms with E-state index < -0.39 is 24.1 Å². The summed E-state index contributed by atoms with van der Waals surface area (Å²) in [5, 5.41) is 11.5. The minimum atomic E-state index is -1.14. The summed E-state index contributed by atoms with van der Waals surface area (Å²) in [5.74, 6) is -1.85. The van der Waals surface area contributed by atoms with Crippen LogP contribution >= 0.6 is 0 Å². The van der Waals surface area contributed by atoms with Gasteiger partial charge in [-0.2, -0.15) is 0 Å². The lowest BCUT2D eigenvalue weighted by molar-refractivity contribution is -0.889. The fourth-order valence-corrected chi connectivity index (χ4v) is 3.83. The van der Waals surface area contributed by atoms with E-state index in [9.17, 15) is 19.5 Å². The van der Waals surface area contributed by atoms with Gasteiger partial charge >= 0.3 is 11.9 Å². The molecule has 0 spiro atoms. The van der Waals surface area contributed by atoms with Crippen molar-refractivity contribution in [1.29, 1.82) is 0 Å². The lowest BCUT2D eigenvalue weighted by Crippen LogP contribution is -2.55. The van der Waals surface area contributed by atoms with Crippen molar-refractivity contribution in [3.05, 3.63) is 24.3 Å². The quantitative estimate of drug-likeness (QED) is 0.0770. The molecule has 0 fully saturated rings. The summed E-state index contributed by atoms with van der Waals surface area (Å²) in [4.78, 5) is 36.0. The number of carbonyl (C=O) groups excluding carboxylic acids is 3. The number of unbranched alkanes of at least 4 members (excludes halogenated alkanes) is 6. The molecule has 0 aliphatic heterocycles. The Balaban J connectivity index is 4.63. The Morgan fingerprint density at radius 3 is 2.11 bits per heavy atom. The number of aliphatic carboxylic acids is 1. The molecule has 0 aromatic heterocycles. The number of rotatable bonds is 24. The van der Waals surface area contributed by atoms with Crippen LogP contribution in [0.4, 0.5) is 0 Å². The molecule has 0 aliphatic rings. The lowest BCUT2D eigenvalue weighted by atomic mass is 10.1. The first-order valence-electron chi connectivity index (χ1n) is 14.4. The van der Waals surface area contributed by atoms with Gasteiger partial charge in [0.15, 0.2) is 6.10 Å². The third-order valence-corrected chi connectivity index (χ3v) is 6.12. The van der Waals surface area contributed by atoms with Crippen LogP contribution in [0.25, 0.3) is 0 Å². The van der Waals surface area contributed by atoms with Crippen molar-refractivity contribution in [2.45, 2.75) is 109 Å². The van der Waals surface area contributed by atoms with E-state index in [0.29, 0.717) is 12.8 Å². The van der Waals surface area contributed by atoms with Crippen LogP contribution in [0.15, 0.2) is 24.3 Å². The Hall–Kier alpha value is -2.19. The number of nitrogens with zero attached hydrogens (tertiary/aromatic N) is 1. The van der Waals surface area contributed by atoms with E-state index in [1.807, 2.05) is 12.2 Å². The van der Waals surface area contributed by atoms with Crippen molar-refractivity contribution in [3.63, 3.8) is 0 Å². The molecule has 0 aromatic carbocycles. The Labute approximate surface area is 231 Å². The van der Waals surface area contributed by atoms with Gasteiger partial charge in [0.1, 0.15) is 12.6 Å². The molecule has 0 rings (SSSR count). The first kappa shape index (κ1) is 35.8. The van der Waals surface area contributed by atoms with Gasteiger partial charge in [-0.3, -0.25) is 9.59 Å².